The second-order valence-electron chi connectivity index (χ2n) is 12.7. The number of hydrogen-bond donors (Lipinski definition) is 4. The molecule has 296 valence electrons. The molecule has 7 rings (SSSR count). The van der Waals surface area contributed by atoms with Gasteiger partial charge in [-0.25, -0.2) is 26.9 Å². The lowest BCUT2D eigenvalue weighted by molar-refractivity contribution is -0.0414. The number of rotatable bonds is 15. The molecule has 2 heterocycles. The van der Waals surface area contributed by atoms with E-state index in [1.807, 2.05) is 30.3 Å². The summed E-state index contributed by atoms with van der Waals surface area (Å²) in [5, 5.41) is 4.61. The Morgan fingerprint density at radius 3 is 2.12 bits per heavy atom. The summed E-state index contributed by atoms with van der Waals surface area (Å²) < 4.78 is 95.7. The lowest BCUT2D eigenvalue weighted by Crippen LogP contribution is -2.33. The molecule has 0 saturated carbocycles. The number of phosphoric ester groups is 2. The molecule has 0 radical (unpaired) electrons. The molecular formula is C34H33N2O16P3S. The first-order valence-corrected chi connectivity index (χ1v) is 22.8. The number of hydrogen-bond acceptors (Lipinski definition) is 13. The molecule has 18 nitrogen and oxygen atoms in total. The van der Waals surface area contributed by atoms with E-state index in [1.54, 1.807) is 48.5 Å². The van der Waals surface area contributed by atoms with Crippen LogP contribution in [0.5, 0.6) is 5.75 Å². The summed E-state index contributed by atoms with van der Waals surface area (Å²) in [5.41, 5.74) is -1.23. The molecule has 1 aliphatic rings. The van der Waals surface area contributed by atoms with Crippen molar-refractivity contribution in [3.63, 3.8) is 0 Å². The van der Waals surface area contributed by atoms with Gasteiger partial charge in [-0.3, -0.25) is 23.4 Å². The van der Waals surface area contributed by atoms with Gasteiger partial charge in [0.1, 0.15) is 24.2 Å². The molecule has 1 aromatic heterocycles. The number of aryl methyl sites for hydroxylation is 1. The van der Waals surface area contributed by atoms with E-state index in [1.165, 1.54) is 19.2 Å². The molecule has 1 fully saturated rings. The normalized spacial score (nSPS) is 20.9. The van der Waals surface area contributed by atoms with Crippen molar-refractivity contribution in [3.8, 4) is 5.75 Å². The maximum absolute atomic E-state index is 13.4. The largest absolute Gasteiger partial charge is 0.490 e. The molecule has 56 heavy (non-hydrogen) atoms. The van der Waals surface area contributed by atoms with E-state index in [4.69, 9.17) is 14.0 Å². The van der Waals surface area contributed by atoms with E-state index in [-0.39, 0.29) is 16.9 Å². The minimum atomic E-state index is -5.93. The van der Waals surface area contributed by atoms with Crippen LogP contribution in [0.25, 0.3) is 32.3 Å². The first kappa shape index (κ1) is 40.1. The predicted molar refractivity (Wildman–Crippen MR) is 201 cm³/mol. The molecule has 6 aromatic rings. The fourth-order valence-corrected chi connectivity index (χ4v) is 11.4. The van der Waals surface area contributed by atoms with Gasteiger partial charge in [0.15, 0.2) is 9.84 Å². The van der Waals surface area contributed by atoms with Crippen LogP contribution in [-0.4, -0.2) is 63.8 Å². The lowest BCUT2D eigenvalue weighted by atomic mass is 9.94. The Labute approximate surface area is 317 Å². The highest BCUT2D eigenvalue weighted by Crippen LogP contribution is 2.67. The van der Waals surface area contributed by atoms with Crippen molar-refractivity contribution in [1.29, 1.82) is 0 Å². The quantitative estimate of drug-likeness (QED) is 0.0753. The predicted octanol–water partition coefficient (Wildman–Crippen LogP) is 5.32. The van der Waals surface area contributed by atoms with Crippen LogP contribution in [0.3, 0.4) is 0 Å². The zero-order valence-corrected chi connectivity index (χ0v) is 32.6. The summed E-state index contributed by atoms with van der Waals surface area (Å²) in [4.78, 5) is 57.0. The first-order valence-electron chi connectivity index (χ1n) is 16.7. The number of H-pyrrole nitrogens is 1. The van der Waals surface area contributed by atoms with Crippen molar-refractivity contribution in [3.05, 3.63) is 118 Å². The number of nitrogens with zero attached hydrogens (tertiary/aromatic N) is 1. The van der Waals surface area contributed by atoms with E-state index >= 15 is 0 Å². The van der Waals surface area contributed by atoms with Crippen molar-refractivity contribution >= 4 is 65.6 Å². The summed E-state index contributed by atoms with van der Waals surface area (Å²) in [6.07, 6.45) is -1.98. The Balaban J connectivity index is 0.984. The van der Waals surface area contributed by atoms with Crippen molar-refractivity contribution in [2.24, 2.45) is 0 Å². The molecule has 4 unspecified atom stereocenters. The molecule has 22 heteroatoms. The summed E-state index contributed by atoms with van der Waals surface area (Å²) in [7, 11) is -21.3. The Bertz CT molecular complexity index is 2800. The third kappa shape index (κ3) is 8.75. The van der Waals surface area contributed by atoms with Crippen LogP contribution in [0, 0.1) is 6.92 Å². The molecule has 1 saturated heterocycles. The fraction of sp³-hybridized carbons (Fsp3) is 0.235. The zero-order valence-electron chi connectivity index (χ0n) is 29.1. The van der Waals surface area contributed by atoms with Gasteiger partial charge >= 0.3 is 29.2 Å². The van der Waals surface area contributed by atoms with E-state index in [9.17, 15) is 46.4 Å². The highest BCUT2D eigenvalue weighted by Gasteiger charge is 2.45. The zero-order chi connectivity index (χ0) is 40.0. The third-order valence-corrected chi connectivity index (χ3v) is 14.9. The molecular weight excluding hydrogens is 817 g/mol. The number of sulfone groups is 1. The standard InChI is InChI=1S/C34H33N2O16P3S/c1-21-19-36(34(38)35-33(21)37)30-18-27(49-25-8-3-2-4-9-25)28(50-30)20-48-54(41,42)52-55(43,44)51-53(39,40)47-16-17-56(45,46)29-15-13-24-11-10-22-6-5-7-23-12-14-26(29)32(24)31(22)23/h2-15,19,27-28,30H,16-18,20H2,1H3,(H,39,40)(H,41,42)(H,43,44)(H,35,37,38)/t27?,28-,30-/m1/s1. The topological polar surface area (TPSA) is 256 Å². The van der Waals surface area contributed by atoms with Crippen LogP contribution in [0.4, 0.5) is 0 Å². The molecule has 1 aliphatic heterocycles. The van der Waals surface area contributed by atoms with Gasteiger partial charge in [0.05, 0.1) is 23.9 Å². The van der Waals surface area contributed by atoms with E-state index in [2.05, 4.69) is 18.1 Å². The number of ether oxygens (including phenoxy) is 2. The van der Waals surface area contributed by atoms with Crippen molar-refractivity contribution in [2.45, 2.75) is 36.7 Å². The average Bonchev–Trinajstić information content (AvgIpc) is 3.52. The number of phosphoric acid groups is 3. The Morgan fingerprint density at radius 2 is 1.43 bits per heavy atom. The maximum atomic E-state index is 13.4. The van der Waals surface area contributed by atoms with Gasteiger partial charge < -0.3 is 24.2 Å². The van der Waals surface area contributed by atoms with Crippen molar-refractivity contribution in [1.82, 2.24) is 9.55 Å². The SMILES string of the molecule is Cc1cn([C@H]2CC(Oc3ccccc3)[C@@H](COP(=O)(O)OP(=O)(O)OP(=O)(O)OCCS(=O)(=O)c3ccc4ccc5cccc6ccc3c4c56)O2)c(=O)[nH]c1=O. The number of aromatic nitrogens is 2. The number of aromatic amines is 1. The minimum absolute atomic E-state index is 0.0238. The summed E-state index contributed by atoms with van der Waals surface area (Å²) in [5.74, 6) is -0.501. The maximum Gasteiger partial charge on any atom is 0.490 e. The second-order valence-corrected chi connectivity index (χ2v) is 19.5. The molecule has 0 bridgehead atoms. The van der Waals surface area contributed by atoms with Crippen molar-refractivity contribution in [2.75, 3.05) is 19.0 Å². The monoisotopic (exact) mass is 850 g/mol. The van der Waals surface area contributed by atoms with E-state index in [0.29, 0.717) is 16.5 Å². The molecule has 5 aromatic carbocycles. The van der Waals surface area contributed by atoms with Gasteiger partial charge in [0.25, 0.3) is 5.56 Å². The smallest absolute Gasteiger partial charge is 0.487 e. The highest BCUT2D eigenvalue weighted by molar-refractivity contribution is 7.91. The van der Waals surface area contributed by atoms with Gasteiger partial charge in [-0.1, -0.05) is 66.7 Å². The lowest BCUT2D eigenvalue weighted by Gasteiger charge is -2.22. The Kier molecular flexibility index (Phi) is 11.0. The van der Waals surface area contributed by atoms with Gasteiger partial charge in [-0.15, -0.1) is 0 Å². The second kappa shape index (κ2) is 15.4. The van der Waals surface area contributed by atoms with Gasteiger partial charge in [0.2, 0.25) is 0 Å². The Hall–Kier alpha value is -4.06. The van der Waals surface area contributed by atoms with Crippen molar-refractivity contribution < 1.29 is 63.9 Å². The highest BCUT2D eigenvalue weighted by atomic mass is 32.2. The van der Waals surface area contributed by atoms with E-state index in [0.717, 1.165) is 26.1 Å². The molecule has 4 N–H and O–H groups in total. The van der Waals surface area contributed by atoms with Gasteiger partial charge in [0, 0.05) is 23.6 Å². The first-order chi connectivity index (χ1) is 26.4. The average molecular weight is 851 g/mol. The van der Waals surface area contributed by atoms with Gasteiger partial charge in [-0.05, 0) is 52.1 Å². The number of para-hydroxylation sites is 1. The van der Waals surface area contributed by atoms with Crippen LogP contribution in [0.1, 0.15) is 18.2 Å². The molecule has 0 spiro atoms. The van der Waals surface area contributed by atoms with Gasteiger partial charge in [-0.2, -0.15) is 8.62 Å². The van der Waals surface area contributed by atoms with Crippen LogP contribution < -0.4 is 16.0 Å². The van der Waals surface area contributed by atoms with Crippen LogP contribution >= 0.6 is 23.5 Å². The van der Waals surface area contributed by atoms with Crippen LogP contribution in [-0.2, 0) is 45.9 Å². The summed E-state index contributed by atoms with van der Waals surface area (Å²) in [6.45, 7) is -0.372. The van der Waals surface area contributed by atoms with Crippen LogP contribution in [0.2, 0.25) is 0 Å². The molecule has 6 atom stereocenters. The fourth-order valence-electron chi connectivity index (χ4n) is 6.46. The number of benzene rings is 5. The third-order valence-electron chi connectivity index (χ3n) is 8.91. The van der Waals surface area contributed by atoms with E-state index < -0.39 is 82.0 Å². The Morgan fingerprint density at radius 1 is 0.804 bits per heavy atom. The molecule has 0 amide bonds. The summed E-state index contributed by atoms with van der Waals surface area (Å²) >= 11 is 0. The summed E-state index contributed by atoms with van der Waals surface area (Å²) in [6, 6.07) is 24.3. The number of nitrogens with one attached hydrogen (secondary N) is 1. The van der Waals surface area contributed by atoms with Crippen LogP contribution in [0.15, 0.2) is 106 Å². The molecule has 0 aliphatic carbocycles. The minimum Gasteiger partial charge on any atom is -0.487 e.